The van der Waals surface area contributed by atoms with Gasteiger partial charge in [0.25, 0.3) is 0 Å². The van der Waals surface area contributed by atoms with E-state index in [2.05, 4.69) is 5.32 Å². The third-order valence-corrected chi connectivity index (χ3v) is 3.99. The number of carbonyl (C=O) groups is 1. The molecule has 0 aliphatic heterocycles. The summed E-state index contributed by atoms with van der Waals surface area (Å²) in [5.41, 5.74) is 0.392. The highest BCUT2D eigenvalue weighted by molar-refractivity contribution is 6.30. The Morgan fingerprint density at radius 3 is 2.84 bits per heavy atom. The number of hydrogen-bond donors (Lipinski definition) is 2. The molecule has 1 aromatic carbocycles. The average molecular weight is 282 g/mol. The minimum Gasteiger partial charge on any atom is -0.388 e. The smallest absolute Gasteiger partial charge is 0.223 e. The van der Waals surface area contributed by atoms with Gasteiger partial charge in [0.05, 0.1) is 5.60 Å². The lowest BCUT2D eigenvalue weighted by atomic mass is 9.80. The Balaban J connectivity index is 1.82. The van der Waals surface area contributed by atoms with Crippen LogP contribution in [0.15, 0.2) is 24.3 Å². The number of rotatable bonds is 5. The molecule has 1 aliphatic carbocycles. The molecule has 1 aliphatic rings. The number of carbonyl (C=O) groups excluding carboxylic acids is 1. The molecule has 1 fully saturated rings. The fourth-order valence-electron chi connectivity index (χ4n) is 2.30. The second-order valence-corrected chi connectivity index (χ2v) is 5.97. The van der Waals surface area contributed by atoms with E-state index in [0.29, 0.717) is 18.0 Å². The van der Waals surface area contributed by atoms with E-state index in [-0.39, 0.29) is 11.8 Å². The van der Waals surface area contributed by atoms with E-state index in [1.54, 1.807) is 0 Å². The highest BCUT2D eigenvalue weighted by Gasteiger charge is 2.34. The first-order valence-corrected chi connectivity index (χ1v) is 7.11. The zero-order valence-electron chi connectivity index (χ0n) is 11.2. The zero-order valence-corrected chi connectivity index (χ0v) is 11.9. The van der Waals surface area contributed by atoms with Gasteiger partial charge < -0.3 is 10.4 Å². The summed E-state index contributed by atoms with van der Waals surface area (Å²) in [6.07, 6.45) is 3.28. The highest BCUT2D eigenvalue weighted by atomic mass is 35.5. The first-order chi connectivity index (χ1) is 8.98. The van der Waals surface area contributed by atoms with Crippen molar-refractivity contribution in [1.29, 1.82) is 0 Å². The van der Waals surface area contributed by atoms with Crippen molar-refractivity contribution < 1.29 is 9.90 Å². The van der Waals surface area contributed by atoms with Crippen molar-refractivity contribution in [3.05, 3.63) is 34.9 Å². The quantitative estimate of drug-likeness (QED) is 0.871. The molecule has 1 atom stereocenters. The molecule has 0 radical (unpaired) electrons. The third-order valence-electron chi connectivity index (χ3n) is 3.75. The minimum atomic E-state index is -0.661. The number of benzene rings is 1. The van der Waals surface area contributed by atoms with Gasteiger partial charge in [0.15, 0.2) is 0 Å². The van der Waals surface area contributed by atoms with Crippen LogP contribution in [0.3, 0.4) is 0 Å². The molecule has 104 valence electrons. The van der Waals surface area contributed by atoms with Gasteiger partial charge in [-0.15, -0.1) is 0 Å². The van der Waals surface area contributed by atoms with E-state index < -0.39 is 5.60 Å². The summed E-state index contributed by atoms with van der Waals surface area (Å²) in [7, 11) is 0. The molecule has 3 nitrogen and oxygen atoms in total. The lowest BCUT2D eigenvalue weighted by molar-refractivity contribution is -0.126. The summed E-state index contributed by atoms with van der Waals surface area (Å²) in [5, 5.41) is 13.5. The Bertz CT molecular complexity index is 457. The van der Waals surface area contributed by atoms with Crippen molar-refractivity contribution >= 4 is 17.5 Å². The second kappa shape index (κ2) is 5.93. The maximum absolute atomic E-state index is 12.0. The van der Waals surface area contributed by atoms with Crippen molar-refractivity contribution in [2.75, 3.05) is 6.54 Å². The fourth-order valence-corrected chi connectivity index (χ4v) is 2.51. The highest BCUT2D eigenvalue weighted by Crippen LogP contribution is 2.30. The lowest BCUT2D eigenvalue weighted by Gasteiger charge is -2.36. The van der Waals surface area contributed by atoms with Gasteiger partial charge in [-0.05, 0) is 43.4 Å². The van der Waals surface area contributed by atoms with Crippen LogP contribution in [0.2, 0.25) is 5.02 Å². The normalized spacial score (nSPS) is 18.5. The predicted molar refractivity (Wildman–Crippen MR) is 76.1 cm³/mol. The summed E-state index contributed by atoms with van der Waals surface area (Å²) in [6.45, 7) is 2.26. The van der Waals surface area contributed by atoms with E-state index in [1.807, 2.05) is 31.2 Å². The first kappa shape index (κ1) is 14.4. The molecule has 19 heavy (non-hydrogen) atoms. The number of aliphatic hydroxyl groups is 1. The molecule has 1 aromatic rings. The SMILES string of the molecule is CC(Cc1cccc(Cl)c1)C(=O)NCC1(O)CCC1. The maximum Gasteiger partial charge on any atom is 0.223 e. The van der Waals surface area contributed by atoms with Crippen LogP contribution in [0.5, 0.6) is 0 Å². The van der Waals surface area contributed by atoms with E-state index in [1.165, 1.54) is 0 Å². The van der Waals surface area contributed by atoms with Crippen molar-refractivity contribution in [3.8, 4) is 0 Å². The van der Waals surface area contributed by atoms with Crippen LogP contribution in [-0.2, 0) is 11.2 Å². The van der Waals surface area contributed by atoms with Crippen LogP contribution < -0.4 is 5.32 Å². The Morgan fingerprint density at radius 2 is 2.26 bits per heavy atom. The topological polar surface area (TPSA) is 49.3 Å². The Labute approximate surface area is 119 Å². The van der Waals surface area contributed by atoms with Gasteiger partial charge in [-0.2, -0.15) is 0 Å². The predicted octanol–water partition coefficient (Wildman–Crippen LogP) is 2.55. The first-order valence-electron chi connectivity index (χ1n) is 6.73. The summed E-state index contributed by atoms with van der Waals surface area (Å²) < 4.78 is 0. The van der Waals surface area contributed by atoms with Crippen LogP contribution in [-0.4, -0.2) is 23.2 Å². The molecule has 0 bridgehead atoms. The van der Waals surface area contributed by atoms with E-state index in [0.717, 1.165) is 24.8 Å². The number of amides is 1. The Hall–Kier alpha value is -1.06. The van der Waals surface area contributed by atoms with Gasteiger partial charge >= 0.3 is 0 Å². The zero-order chi connectivity index (χ0) is 13.9. The van der Waals surface area contributed by atoms with E-state index in [4.69, 9.17) is 11.6 Å². The molecule has 1 saturated carbocycles. The van der Waals surface area contributed by atoms with Crippen LogP contribution >= 0.6 is 11.6 Å². The molecule has 1 amide bonds. The fraction of sp³-hybridized carbons (Fsp3) is 0.533. The molecular formula is C15H20ClNO2. The van der Waals surface area contributed by atoms with Gasteiger partial charge in [-0.25, -0.2) is 0 Å². The van der Waals surface area contributed by atoms with Crippen LogP contribution in [0.4, 0.5) is 0 Å². The number of nitrogens with one attached hydrogen (secondary N) is 1. The van der Waals surface area contributed by atoms with Crippen LogP contribution in [0, 0.1) is 5.92 Å². The Kier molecular flexibility index (Phi) is 4.48. The average Bonchev–Trinajstić information content (AvgIpc) is 2.33. The van der Waals surface area contributed by atoms with Gasteiger partial charge in [-0.3, -0.25) is 4.79 Å². The van der Waals surface area contributed by atoms with Gasteiger partial charge in [0.1, 0.15) is 0 Å². The number of halogens is 1. The standard InChI is InChI=1S/C15H20ClNO2/c1-11(8-12-4-2-5-13(16)9-12)14(18)17-10-15(19)6-3-7-15/h2,4-5,9,11,19H,3,6-8,10H2,1H3,(H,17,18). The molecule has 0 aromatic heterocycles. The van der Waals surface area contributed by atoms with Crippen molar-refractivity contribution in [2.45, 2.75) is 38.2 Å². The molecule has 0 saturated heterocycles. The van der Waals surface area contributed by atoms with Crippen LogP contribution in [0.1, 0.15) is 31.7 Å². The summed E-state index contributed by atoms with van der Waals surface area (Å²) in [4.78, 5) is 12.0. The molecule has 2 N–H and O–H groups in total. The third kappa shape index (κ3) is 3.95. The summed E-state index contributed by atoms with van der Waals surface area (Å²) >= 11 is 5.92. The van der Waals surface area contributed by atoms with E-state index in [9.17, 15) is 9.90 Å². The summed E-state index contributed by atoms with van der Waals surface area (Å²) in [6, 6.07) is 7.56. The number of hydrogen-bond acceptors (Lipinski definition) is 2. The lowest BCUT2D eigenvalue weighted by Crippen LogP contribution is -2.48. The van der Waals surface area contributed by atoms with Crippen molar-refractivity contribution in [1.82, 2.24) is 5.32 Å². The minimum absolute atomic E-state index is 0.0136. The van der Waals surface area contributed by atoms with Crippen molar-refractivity contribution in [3.63, 3.8) is 0 Å². The van der Waals surface area contributed by atoms with Crippen LogP contribution in [0.25, 0.3) is 0 Å². The molecule has 2 rings (SSSR count). The maximum atomic E-state index is 12.0. The molecule has 0 heterocycles. The van der Waals surface area contributed by atoms with Crippen molar-refractivity contribution in [2.24, 2.45) is 5.92 Å². The molecule has 1 unspecified atom stereocenters. The molecule has 4 heteroatoms. The largest absolute Gasteiger partial charge is 0.388 e. The van der Waals surface area contributed by atoms with Gasteiger partial charge in [0.2, 0.25) is 5.91 Å². The second-order valence-electron chi connectivity index (χ2n) is 5.53. The van der Waals surface area contributed by atoms with Gasteiger partial charge in [0, 0.05) is 17.5 Å². The van der Waals surface area contributed by atoms with E-state index >= 15 is 0 Å². The molecular weight excluding hydrogens is 262 g/mol. The molecule has 0 spiro atoms. The van der Waals surface area contributed by atoms with Gasteiger partial charge in [-0.1, -0.05) is 30.7 Å². The Morgan fingerprint density at radius 1 is 1.53 bits per heavy atom. The summed E-state index contributed by atoms with van der Waals surface area (Å²) in [5.74, 6) is -0.137. The monoisotopic (exact) mass is 281 g/mol.